The average Bonchev–Trinajstić information content (AvgIpc) is 2.03. The molecule has 1 heterocycles. The van der Waals surface area contributed by atoms with Crippen molar-refractivity contribution in [3.63, 3.8) is 0 Å². The largest absolute Gasteiger partial charge is 0.468 e. The van der Waals surface area contributed by atoms with Gasteiger partial charge in [0, 0.05) is 6.42 Å². The highest BCUT2D eigenvalue weighted by atomic mass is 16.5. The van der Waals surface area contributed by atoms with Crippen LogP contribution in [0.2, 0.25) is 0 Å². The van der Waals surface area contributed by atoms with Crippen LogP contribution in [0.3, 0.4) is 0 Å². The van der Waals surface area contributed by atoms with E-state index in [0.29, 0.717) is 13.0 Å². The molecule has 0 saturated carbocycles. The van der Waals surface area contributed by atoms with E-state index in [1.807, 2.05) is 0 Å². The Morgan fingerprint density at radius 2 is 2.33 bits per heavy atom. The minimum atomic E-state index is -0.719. The number of ether oxygens (including phenoxy) is 2. The third-order valence-electron chi connectivity index (χ3n) is 2.00. The molecule has 0 spiro atoms. The molecule has 0 aromatic rings. The molecule has 0 amide bonds. The van der Waals surface area contributed by atoms with Crippen molar-refractivity contribution in [3.05, 3.63) is 0 Å². The molecule has 2 atom stereocenters. The fourth-order valence-corrected chi connectivity index (χ4v) is 1.31. The summed E-state index contributed by atoms with van der Waals surface area (Å²) in [5, 5.41) is 0. The van der Waals surface area contributed by atoms with Crippen molar-refractivity contribution in [1.82, 2.24) is 0 Å². The highest BCUT2D eigenvalue weighted by Gasteiger charge is 2.36. The number of hydrogen-bond acceptors (Lipinski definition) is 4. The molecule has 12 heavy (non-hydrogen) atoms. The van der Waals surface area contributed by atoms with Gasteiger partial charge in [0.1, 0.15) is 5.92 Å². The van der Waals surface area contributed by atoms with E-state index >= 15 is 0 Å². The first-order chi connectivity index (χ1) is 5.66. The lowest BCUT2D eigenvalue weighted by molar-refractivity contribution is -0.160. The molecule has 0 N–H and O–H groups in total. The lowest BCUT2D eigenvalue weighted by Crippen LogP contribution is -2.40. The number of carbonyl (C=O) groups is 2. The van der Waals surface area contributed by atoms with Crippen LogP contribution in [0.1, 0.15) is 13.3 Å². The van der Waals surface area contributed by atoms with Crippen LogP contribution in [0.15, 0.2) is 0 Å². The predicted octanol–water partition coefficient (Wildman–Crippen LogP) is 0.153. The minimum absolute atomic E-state index is 0.0828. The fourth-order valence-electron chi connectivity index (χ4n) is 1.31. The second-order valence-corrected chi connectivity index (χ2v) is 2.79. The van der Waals surface area contributed by atoms with Gasteiger partial charge in [-0.25, -0.2) is 0 Å². The molecule has 0 aromatic heterocycles. The van der Waals surface area contributed by atoms with Gasteiger partial charge in [-0.15, -0.1) is 0 Å². The molecule has 0 unspecified atom stereocenters. The molecule has 0 aromatic carbocycles. The Bertz CT molecular complexity index is 191. The van der Waals surface area contributed by atoms with Crippen molar-refractivity contribution in [2.45, 2.75) is 19.4 Å². The zero-order chi connectivity index (χ0) is 9.14. The smallest absolute Gasteiger partial charge is 0.318 e. The molecular formula is C8H12O4. The summed E-state index contributed by atoms with van der Waals surface area (Å²) in [5.74, 6) is -1.29. The highest BCUT2D eigenvalue weighted by Crippen LogP contribution is 2.18. The fraction of sp³-hybridized carbons (Fsp3) is 0.750. The maximum atomic E-state index is 11.2. The lowest BCUT2D eigenvalue weighted by Gasteiger charge is -2.25. The van der Waals surface area contributed by atoms with Gasteiger partial charge < -0.3 is 9.47 Å². The van der Waals surface area contributed by atoms with Crippen LogP contribution in [0.5, 0.6) is 0 Å². The number of rotatable bonds is 1. The summed E-state index contributed by atoms with van der Waals surface area (Å²) < 4.78 is 9.65. The maximum Gasteiger partial charge on any atom is 0.318 e. The number of carbonyl (C=O) groups excluding carboxylic acids is 2. The monoisotopic (exact) mass is 172 g/mol. The first-order valence-electron chi connectivity index (χ1n) is 3.89. The normalized spacial score (nSPS) is 30.0. The summed E-state index contributed by atoms with van der Waals surface area (Å²) in [6, 6.07) is 0. The highest BCUT2D eigenvalue weighted by molar-refractivity contribution is 6.00. The summed E-state index contributed by atoms with van der Waals surface area (Å²) in [6.45, 7) is 2.12. The van der Waals surface area contributed by atoms with Crippen LogP contribution >= 0.6 is 0 Å². The Labute approximate surface area is 70.8 Å². The quantitative estimate of drug-likeness (QED) is 0.417. The van der Waals surface area contributed by atoms with Gasteiger partial charge in [-0.3, -0.25) is 9.59 Å². The molecule has 1 fully saturated rings. The predicted molar refractivity (Wildman–Crippen MR) is 40.5 cm³/mol. The van der Waals surface area contributed by atoms with E-state index < -0.39 is 11.9 Å². The number of methoxy groups -OCH3 is 1. The second-order valence-electron chi connectivity index (χ2n) is 2.79. The Morgan fingerprint density at radius 3 is 2.83 bits per heavy atom. The number of hydrogen-bond donors (Lipinski definition) is 0. The molecule has 1 saturated heterocycles. The van der Waals surface area contributed by atoms with Crippen molar-refractivity contribution in [1.29, 1.82) is 0 Å². The van der Waals surface area contributed by atoms with Gasteiger partial charge in [0.05, 0.1) is 19.8 Å². The van der Waals surface area contributed by atoms with E-state index in [-0.39, 0.29) is 11.9 Å². The Morgan fingerprint density at radius 1 is 1.67 bits per heavy atom. The van der Waals surface area contributed by atoms with Crippen molar-refractivity contribution in [3.8, 4) is 0 Å². The average molecular weight is 172 g/mol. The van der Waals surface area contributed by atoms with Gasteiger partial charge in [0.2, 0.25) is 0 Å². The third kappa shape index (κ3) is 1.64. The van der Waals surface area contributed by atoms with Crippen molar-refractivity contribution < 1.29 is 19.1 Å². The van der Waals surface area contributed by atoms with Gasteiger partial charge in [0.15, 0.2) is 5.78 Å². The summed E-state index contributed by atoms with van der Waals surface area (Å²) in [4.78, 5) is 22.3. The van der Waals surface area contributed by atoms with Crippen molar-refractivity contribution >= 4 is 11.8 Å². The van der Waals surface area contributed by atoms with E-state index in [0.717, 1.165) is 0 Å². The van der Waals surface area contributed by atoms with Crippen LogP contribution in [-0.4, -0.2) is 31.6 Å². The first kappa shape index (κ1) is 9.19. The van der Waals surface area contributed by atoms with Gasteiger partial charge in [0.25, 0.3) is 0 Å². The van der Waals surface area contributed by atoms with E-state index in [9.17, 15) is 9.59 Å². The van der Waals surface area contributed by atoms with Crippen molar-refractivity contribution in [2.24, 2.45) is 5.92 Å². The van der Waals surface area contributed by atoms with Gasteiger partial charge in [-0.2, -0.15) is 0 Å². The summed E-state index contributed by atoms with van der Waals surface area (Å²) in [7, 11) is 1.27. The summed E-state index contributed by atoms with van der Waals surface area (Å²) in [6.07, 6.45) is -0.0388. The Balaban J connectivity index is 2.69. The van der Waals surface area contributed by atoms with Gasteiger partial charge in [-0.05, 0) is 6.92 Å². The van der Waals surface area contributed by atoms with Gasteiger partial charge in [-0.1, -0.05) is 0 Å². The summed E-state index contributed by atoms with van der Waals surface area (Å²) in [5.41, 5.74) is 0. The first-order valence-corrected chi connectivity index (χ1v) is 3.89. The molecule has 68 valence electrons. The zero-order valence-corrected chi connectivity index (χ0v) is 7.20. The van der Waals surface area contributed by atoms with Crippen LogP contribution < -0.4 is 0 Å². The zero-order valence-electron chi connectivity index (χ0n) is 7.20. The third-order valence-corrected chi connectivity index (χ3v) is 2.00. The topological polar surface area (TPSA) is 52.6 Å². The number of ketones is 1. The van der Waals surface area contributed by atoms with Crippen molar-refractivity contribution in [2.75, 3.05) is 13.7 Å². The van der Waals surface area contributed by atoms with E-state index in [4.69, 9.17) is 4.74 Å². The number of esters is 1. The molecule has 1 rings (SSSR count). The standard InChI is InChI=1S/C8H12O4/c1-5-7(8(10)11-2)6(9)3-4-12-5/h5,7H,3-4H2,1-2H3/t5-,7+/m1/s1. The maximum absolute atomic E-state index is 11.2. The Hall–Kier alpha value is -0.900. The summed E-state index contributed by atoms with van der Waals surface area (Å²) >= 11 is 0. The van der Waals surface area contributed by atoms with E-state index in [2.05, 4.69) is 4.74 Å². The van der Waals surface area contributed by atoms with Gasteiger partial charge >= 0.3 is 5.97 Å². The molecule has 0 aliphatic carbocycles. The van der Waals surface area contributed by atoms with Crippen LogP contribution in [0, 0.1) is 5.92 Å². The molecule has 4 heteroatoms. The lowest BCUT2D eigenvalue weighted by atomic mass is 9.94. The molecule has 0 radical (unpaired) electrons. The van der Waals surface area contributed by atoms with E-state index in [1.54, 1.807) is 6.92 Å². The SMILES string of the molecule is COC(=O)[C@@H]1C(=O)CCO[C@@H]1C. The second kappa shape index (κ2) is 3.67. The minimum Gasteiger partial charge on any atom is -0.468 e. The molecular weight excluding hydrogens is 160 g/mol. The molecule has 0 bridgehead atoms. The van der Waals surface area contributed by atoms with Crippen LogP contribution in [0.4, 0.5) is 0 Å². The van der Waals surface area contributed by atoms with Crippen LogP contribution in [-0.2, 0) is 19.1 Å². The molecule has 4 nitrogen and oxygen atoms in total. The molecule has 1 aliphatic heterocycles. The Kier molecular flexibility index (Phi) is 2.81. The number of Topliss-reactive ketones (excluding diaryl/α,β-unsaturated/α-hetero) is 1. The van der Waals surface area contributed by atoms with Crippen LogP contribution in [0.25, 0.3) is 0 Å². The molecule has 1 aliphatic rings. The van der Waals surface area contributed by atoms with E-state index in [1.165, 1.54) is 7.11 Å².